The minimum Gasteiger partial charge on any atom is -0.273 e. The van der Waals surface area contributed by atoms with Crippen LogP contribution in [-0.2, 0) is 4.79 Å². The van der Waals surface area contributed by atoms with Gasteiger partial charge in [0.15, 0.2) is 0 Å². The van der Waals surface area contributed by atoms with Crippen LogP contribution in [0.1, 0.15) is 54.9 Å². The molecule has 0 spiro atoms. The molecule has 14 heavy (non-hydrogen) atoms. The van der Waals surface area contributed by atoms with Gasteiger partial charge in [0, 0.05) is 12.0 Å². The fourth-order valence-electron chi connectivity index (χ4n) is 1.10. The van der Waals surface area contributed by atoms with Gasteiger partial charge in [-0.2, -0.15) is 0 Å². The Hall–Kier alpha value is -0.570. The highest BCUT2D eigenvalue weighted by Crippen LogP contribution is 2.15. The molecule has 0 saturated heterocycles. The molecule has 0 saturated carbocycles. The average molecular weight is 200 g/mol. The second-order valence-corrected chi connectivity index (χ2v) is 5.62. The molecular weight excluding hydrogens is 176 g/mol. The van der Waals surface area contributed by atoms with Gasteiger partial charge in [-0.3, -0.25) is 9.80 Å². The van der Waals surface area contributed by atoms with Gasteiger partial charge in [0.25, 0.3) is 0 Å². The monoisotopic (exact) mass is 200 g/mol. The Morgan fingerprint density at radius 2 is 1.57 bits per heavy atom. The quantitative estimate of drug-likeness (QED) is 0.694. The molecule has 0 fully saturated rings. The molecule has 0 aromatic carbocycles. The lowest BCUT2D eigenvalue weighted by molar-refractivity contribution is -0.142. The molecule has 0 aromatic heterocycles. The van der Waals surface area contributed by atoms with Crippen LogP contribution < -0.4 is 5.43 Å². The summed E-state index contributed by atoms with van der Waals surface area (Å²) in [5.74, 6) is 0.132. The van der Waals surface area contributed by atoms with Gasteiger partial charge in [-0.25, -0.2) is 5.43 Å². The van der Waals surface area contributed by atoms with E-state index in [0.717, 1.165) is 0 Å². The van der Waals surface area contributed by atoms with E-state index in [2.05, 4.69) is 26.2 Å². The number of nitrogens with one attached hydrogen (secondary N) is 1. The van der Waals surface area contributed by atoms with Crippen molar-refractivity contribution < 1.29 is 4.79 Å². The molecule has 0 aromatic rings. The first-order valence-corrected chi connectivity index (χ1v) is 5.19. The number of hydrazine groups is 1. The topological polar surface area (TPSA) is 32.3 Å². The number of nitrogens with zero attached hydrogens (tertiary/aromatic N) is 1. The van der Waals surface area contributed by atoms with Gasteiger partial charge in [0.2, 0.25) is 5.91 Å². The molecule has 3 nitrogen and oxygen atoms in total. The maximum absolute atomic E-state index is 11.7. The van der Waals surface area contributed by atoms with Crippen LogP contribution in [0.25, 0.3) is 0 Å². The second-order valence-electron chi connectivity index (χ2n) is 5.62. The minimum absolute atomic E-state index is 0.0852. The van der Waals surface area contributed by atoms with Crippen LogP contribution in [-0.4, -0.2) is 22.0 Å². The lowest BCUT2D eigenvalue weighted by atomic mass is 10.1. The van der Waals surface area contributed by atoms with Crippen LogP contribution >= 0.6 is 0 Å². The number of amides is 1. The van der Waals surface area contributed by atoms with E-state index in [1.54, 1.807) is 5.01 Å². The van der Waals surface area contributed by atoms with Crippen LogP contribution in [0.3, 0.4) is 0 Å². The zero-order chi connectivity index (χ0) is 11.6. The maximum Gasteiger partial charge on any atom is 0.236 e. The van der Waals surface area contributed by atoms with E-state index in [-0.39, 0.29) is 17.0 Å². The Morgan fingerprint density at radius 3 is 1.79 bits per heavy atom. The Bertz CT molecular complexity index is 198. The Morgan fingerprint density at radius 1 is 1.14 bits per heavy atom. The van der Waals surface area contributed by atoms with E-state index in [1.165, 1.54) is 0 Å². The first-order valence-electron chi connectivity index (χ1n) is 5.19. The van der Waals surface area contributed by atoms with E-state index in [4.69, 9.17) is 0 Å². The summed E-state index contributed by atoms with van der Waals surface area (Å²) in [5.41, 5.74) is 2.97. The van der Waals surface area contributed by atoms with Crippen molar-refractivity contribution in [2.24, 2.45) is 0 Å². The Kier molecular flexibility index (Phi) is 4.13. The molecule has 0 atom stereocenters. The van der Waals surface area contributed by atoms with Crippen LogP contribution in [0, 0.1) is 0 Å². The Balaban J connectivity index is 4.67. The Labute approximate surface area is 87.8 Å². The maximum atomic E-state index is 11.7. The largest absolute Gasteiger partial charge is 0.273 e. The van der Waals surface area contributed by atoms with Crippen LogP contribution in [0.5, 0.6) is 0 Å². The molecule has 0 heterocycles. The molecule has 0 rings (SSSR count). The van der Waals surface area contributed by atoms with E-state index >= 15 is 0 Å². The summed E-state index contributed by atoms with van der Waals surface area (Å²) < 4.78 is 0. The van der Waals surface area contributed by atoms with Gasteiger partial charge in [-0.05, 0) is 41.5 Å². The molecule has 0 bridgehead atoms. The highest BCUT2D eigenvalue weighted by Gasteiger charge is 2.28. The van der Waals surface area contributed by atoms with Gasteiger partial charge >= 0.3 is 0 Å². The van der Waals surface area contributed by atoms with Gasteiger partial charge in [-0.15, -0.1) is 0 Å². The molecular formula is C11H24N2O. The van der Waals surface area contributed by atoms with Crippen molar-refractivity contribution in [3.63, 3.8) is 0 Å². The lowest BCUT2D eigenvalue weighted by Crippen LogP contribution is -2.59. The van der Waals surface area contributed by atoms with Crippen LogP contribution in [0.4, 0.5) is 0 Å². The summed E-state index contributed by atoms with van der Waals surface area (Å²) in [6, 6.07) is 0. The minimum atomic E-state index is -0.180. The van der Waals surface area contributed by atoms with Crippen molar-refractivity contribution in [1.82, 2.24) is 10.4 Å². The summed E-state index contributed by atoms with van der Waals surface area (Å²) in [6.07, 6.45) is 0.528. The van der Waals surface area contributed by atoms with E-state index < -0.39 is 0 Å². The van der Waals surface area contributed by atoms with Crippen molar-refractivity contribution in [3.8, 4) is 0 Å². The smallest absolute Gasteiger partial charge is 0.236 e. The van der Waals surface area contributed by atoms with Crippen LogP contribution in [0.15, 0.2) is 0 Å². The zero-order valence-corrected chi connectivity index (χ0v) is 10.6. The molecule has 0 aliphatic heterocycles. The standard InChI is InChI=1S/C11H24N2O/c1-8-9(14)13(11(5,6)7)12-10(2,3)4/h12H,8H2,1-7H3. The fourth-order valence-corrected chi connectivity index (χ4v) is 1.10. The van der Waals surface area contributed by atoms with Gasteiger partial charge in [0.05, 0.1) is 5.54 Å². The molecule has 0 aliphatic rings. The van der Waals surface area contributed by atoms with Crippen molar-refractivity contribution >= 4 is 5.91 Å². The highest BCUT2D eigenvalue weighted by molar-refractivity contribution is 5.76. The summed E-state index contributed by atoms with van der Waals surface area (Å²) in [4.78, 5) is 11.7. The van der Waals surface area contributed by atoms with Crippen LogP contribution in [0.2, 0.25) is 0 Å². The first kappa shape index (κ1) is 13.4. The third-order valence-corrected chi connectivity index (χ3v) is 1.67. The summed E-state index contributed by atoms with van der Waals surface area (Å²) >= 11 is 0. The van der Waals surface area contributed by atoms with E-state index in [9.17, 15) is 4.79 Å². The molecule has 84 valence electrons. The summed E-state index contributed by atoms with van der Waals surface area (Å²) in [6.45, 7) is 14.1. The number of carbonyl (C=O) groups is 1. The SMILES string of the molecule is CCC(=O)N(NC(C)(C)C)C(C)(C)C. The number of hydrogen-bond donors (Lipinski definition) is 1. The molecule has 0 aliphatic carbocycles. The predicted molar refractivity (Wildman–Crippen MR) is 59.8 cm³/mol. The zero-order valence-electron chi connectivity index (χ0n) is 10.6. The molecule has 0 unspecified atom stereocenters. The second kappa shape index (κ2) is 4.30. The number of hydrogen-bond acceptors (Lipinski definition) is 2. The third kappa shape index (κ3) is 4.61. The normalized spacial score (nSPS) is 12.8. The molecule has 1 N–H and O–H groups in total. The molecule has 1 amide bonds. The molecule has 3 heteroatoms. The lowest BCUT2D eigenvalue weighted by Gasteiger charge is -2.40. The number of carbonyl (C=O) groups excluding carboxylic acids is 1. The first-order chi connectivity index (χ1) is 6.08. The fraction of sp³-hybridized carbons (Fsp3) is 0.909. The van der Waals surface area contributed by atoms with Gasteiger partial charge < -0.3 is 0 Å². The van der Waals surface area contributed by atoms with E-state index in [0.29, 0.717) is 6.42 Å². The van der Waals surface area contributed by atoms with E-state index in [1.807, 2.05) is 27.7 Å². The predicted octanol–water partition coefficient (Wildman–Crippen LogP) is 2.33. The van der Waals surface area contributed by atoms with Crippen molar-refractivity contribution in [3.05, 3.63) is 0 Å². The third-order valence-electron chi connectivity index (χ3n) is 1.67. The van der Waals surface area contributed by atoms with Gasteiger partial charge in [-0.1, -0.05) is 6.92 Å². The average Bonchev–Trinajstić information content (AvgIpc) is 1.95. The van der Waals surface area contributed by atoms with Crippen molar-refractivity contribution in [2.75, 3.05) is 0 Å². The van der Waals surface area contributed by atoms with Crippen molar-refractivity contribution in [1.29, 1.82) is 0 Å². The summed E-state index contributed by atoms with van der Waals surface area (Å²) in [5, 5.41) is 1.73. The van der Waals surface area contributed by atoms with Gasteiger partial charge in [0.1, 0.15) is 0 Å². The summed E-state index contributed by atoms with van der Waals surface area (Å²) in [7, 11) is 0. The molecule has 0 radical (unpaired) electrons. The highest BCUT2D eigenvalue weighted by atomic mass is 16.2. The van der Waals surface area contributed by atoms with Crippen molar-refractivity contribution in [2.45, 2.75) is 66.0 Å². The number of rotatable bonds is 2.